The molecule has 4 rings (SSSR count). The lowest BCUT2D eigenvalue weighted by Crippen LogP contribution is -2.16. The molecule has 0 fully saturated rings. The van der Waals surface area contributed by atoms with E-state index >= 15 is 0 Å². The van der Waals surface area contributed by atoms with Crippen molar-refractivity contribution in [2.24, 2.45) is 0 Å². The molecule has 1 aromatic heterocycles. The number of fused-ring (bicyclic) bond motifs is 1. The Balaban J connectivity index is 1.73. The maximum Gasteiger partial charge on any atom is 0.256 e. The number of nitrogens with one attached hydrogen (secondary N) is 1. The number of carbonyl (C=O) groups excluding carboxylic acids is 1. The highest BCUT2D eigenvalue weighted by atomic mass is 35.5. The molecule has 0 aliphatic carbocycles. The van der Waals surface area contributed by atoms with Crippen LogP contribution in [0.2, 0.25) is 5.02 Å². The summed E-state index contributed by atoms with van der Waals surface area (Å²) in [7, 11) is 0. The number of amides is 1. The molecule has 25 heavy (non-hydrogen) atoms. The maximum atomic E-state index is 12.7. The summed E-state index contributed by atoms with van der Waals surface area (Å²) in [5, 5.41) is 8.37. The normalized spacial score (nSPS) is 12.9. The van der Waals surface area contributed by atoms with Crippen molar-refractivity contribution in [3.63, 3.8) is 0 Å². The first-order valence-electron chi connectivity index (χ1n) is 7.94. The van der Waals surface area contributed by atoms with Crippen molar-refractivity contribution in [2.45, 2.75) is 18.4 Å². The lowest BCUT2D eigenvalue weighted by atomic mass is 10.1. The molecule has 2 aromatic carbocycles. The van der Waals surface area contributed by atoms with Crippen molar-refractivity contribution in [1.29, 1.82) is 0 Å². The fourth-order valence-electron chi connectivity index (χ4n) is 2.82. The lowest BCUT2D eigenvalue weighted by Gasteiger charge is -2.11. The lowest BCUT2D eigenvalue weighted by molar-refractivity contribution is 0.102. The van der Waals surface area contributed by atoms with Crippen LogP contribution in [0.25, 0.3) is 5.69 Å². The predicted molar refractivity (Wildman–Crippen MR) is 103 cm³/mol. The highest BCUT2D eigenvalue weighted by molar-refractivity contribution is 7.98. The third kappa shape index (κ3) is 3.17. The Hall–Kier alpha value is -2.24. The number of aryl methyl sites for hydroxylation is 1. The molecule has 0 radical (unpaired) electrons. The number of hydrogen-bond donors (Lipinski definition) is 1. The Bertz CT molecular complexity index is 950. The summed E-state index contributed by atoms with van der Waals surface area (Å²) in [5.41, 5.74) is 4.70. The third-order valence-corrected chi connectivity index (χ3v) is 5.36. The van der Waals surface area contributed by atoms with Gasteiger partial charge < -0.3 is 5.32 Å². The summed E-state index contributed by atoms with van der Waals surface area (Å²) in [6.45, 7) is 2.00. The van der Waals surface area contributed by atoms with Gasteiger partial charge in [-0.05, 0) is 37.3 Å². The van der Waals surface area contributed by atoms with Crippen molar-refractivity contribution in [2.75, 3.05) is 5.32 Å². The molecule has 0 saturated heterocycles. The van der Waals surface area contributed by atoms with E-state index < -0.39 is 0 Å². The molecular weight excluding hydrogens is 354 g/mol. The monoisotopic (exact) mass is 369 g/mol. The molecule has 0 unspecified atom stereocenters. The van der Waals surface area contributed by atoms with Crippen LogP contribution < -0.4 is 5.32 Å². The van der Waals surface area contributed by atoms with Crippen LogP contribution in [0, 0.1) is 6.92 Å². The van der Waals surface area contributed by atoms with Gasteiger partial charge in [0.05, 0.1) is 11.4 Å². The van der Waals surface area contributed by atoms with Gasteiger partial charge in [-0.25, -0.2) is 4.68 Å². The number of rotatable bonds is 3. The first-order chi connectivity index (χ1) is 12.1. The van der Waals surface area contributed by atoms with E-state index in [0.29, 0.717) is 10.6 Å². The zero-order chi connectivity index (χ0) is 17.4. The van der Waals surface area contributed by atoms with Crippen LogP contribution in [0.3, 0.4) is 0 Å². The molecule has 0 spiro atoms. The molecule has 1 amide bonds. The minimum absolute atomic E-state index is 0.136. The number of hydrogen-bond acceptors (Lipinski definition) is 3. The SMILES string of the molecule is Cc1ccc(C(=O)Nc2c3c(nn2-c2cccc(Cl)c2)CSC3)cc1. The Morgan fingerprint density at radius 2 is 2.00 bits per heavy atom. The van der Waals surface area contributed by atoms with E-state index in [-0.39, 0.29) is 5.91 Å². The van der Waals surface area contributed by atoms with Crippen molar-refractivity contribution in [3.8, 4) is 5.69 Å². The number of carbonyl (C=O) groups is 1. The Kier molecular flexibility index (Phi) is 4.27. The van der Waals surface area contributed by atoms with Crippen LogP contribution in [-0.4, -0.2) is 15.7 Å². The average molecular weight is 370 g/mol. The van der Waals surface area contributed by atoms with Gasteiger partial charge in [0.2, 0.25) is 0 Å². The van der Waals surface area contributed by atoms with E-state index in [1.54, 1.807) is 16.4 Å². The molecule has 1 N–H and O–H groups in total. The first kappa shape index (κ1) is 16.2. The second-order valence-corrected chi connectivity index (χ2v) is 7.40. The van der Waals surface area contributed by atoms with Gasteiger partial charge in [0.15, 0.2) is 0 Å². The van der Waals surface area contributed by atoms with Gasteiger partial charge in [-0.15, -0.1) is 0 Å². The maximum absolute atomic E-state index is 12.7. The highest BCUT2D eigenvalue weighted by Crippen LogP contribution is 2.36. The Labute approximate surface area is 155 Å². The molecule has 126 valence electrons. The summed E-state index contributed by atoms with van der Waals surface area (Å²) in [6, 6.07) is 15.0. The van der Waals surface area contributed by atoms with E-state index in [2.05, 4.69) is 10.4 Å². The number of halogens is 1. The number of aromatic nitrogens is 2. The van der Waals surface area contributed by atoms with E-state index in [1.807, 2.05) is 55.5 Å². The van der Waals surface area contributed by atoms with Gasteiger partial charge in [0.25, 0.3) is 5.91 Å². The molecular formula is C19H16ClN3OS. The molecule has 6 heteroatoms. The molecule has 0 atom stereocenters. The molecule has 1 aliphatic rings. The third-order valence-electron chi connectivity index (χ3n) is 4.15. The molecule has 4 nitrogen and oxygen atoms in total. The largest absolute Gasteiger partial charge is 0.306 e. The number of benzene rings is 2. The van der Waals surface area contributed by atoms with Crippen molar-refractivity contribution < 1.29 is 4.79 Å². The molecule has 0 saturated carbocycles. The van der Waals surface area contributed by atoms with Gasteiger partial charge in [-0.3, -0.25) is 4.79 Å². The summed E-state index contributed by atoms with van der Waals surface area (Å²) in [6.07, 6.45) is 0. The van der Waals surface area contributed by atoms with Crippen LogP contribution in [0.4, 0.5) is 5.82 Å². The van der Waals surface area contributed by atoms with Crippen molar-refractivity contribution in [1.82, 2.24) is 9.78 Å². The van der Waals surface area contributed by atoms with Crippen LogP contribution in [-0.2, 0) is 11.5 Å². The van der Waals surface area contributed by atoms with Gasteiger partial charge in [-0.1, -0.05) is 35.4 Å². The summed E-state index contributed by atoms with van der Waals surface area (Å²) >= 11 is 7.93. The Morgan fingerprint density at radius 1 is 1.20 bits per heavy atom. The van der Waals surface area contributed by atoms with Gasteiger partial charge >= 0.3 is 0 Å². The topological polar surface area (TPSA) is 46.9 Å². The van der Waals surface area contributed by atoms with E-state index in [4.69, 9.17) is 11.6 Å². The smallest absolute Gasteiger partial charge is 0.256 e. The standard InChI is InChI=1S/C19H16ClN3OS/c1-12-5-7-13(8-6-12)19(24)21-18-16-10-25-11-17(16)22-23(18)15-4-2-3-14(20)9-15/h2-9H,10-11H2,1H3,(H,21,24). The fourth-order valence-corrected chi connectivity index (χ4v) is 4.04. The predicted octanol–water partition coefficient (Wildman–Crippen LogP) is 4.83. The van der Waals surface area contributed by atoms with Crippen LogP contribution in [0.1, 0.15) is 27.2 Å². The fraction of sp³-hybridized carbons (Fsp3) is 0.158. The second-order valence-electron chi connectivity index (χ2n) is 5.98. The van der Waals surface area contributed by atoms with Crippen LogP contribution in [0.5, 0.6) is 0 Å². The second kappa shape index (κ2) is 6.58. The van der Waals surface area contributed by atoms with Crippen LogP contribution >= 0.6 is 23.4 Å². The molecule has 3 aromatic rings. The van der Waals surface area contributed by atoms with Gasteiger partial charge in [-0.2, -0.15) is 16.9 Å². The minimum Gasteiger partial charge on any atom is -0.306 e. The minimum atomic E-state index is -0.136. The van der Waals surface area contributed by atoms with Crippen LogP contribution in [0.15, 0.2) is 48.5 Å². The number of thioether (sulfide) groups is 1. The highest BCUT2D eigenvalue weighted by Gasteiger charge is 2.25. The zero-order valence-electron chi connectivity index (χ0n) is 13.6. The first-order valence-corrected chi connectivity index (χ1v) is 9.47. The van der Waals surface area contributed by atoms with Crippen molar-refractivity contribution in [3.05, 3.63) is 75.9 Å². The number of nitrogens with zero attached hydrogens (tertiary/aromatic N) is 2. The van der Waals surface area contributed by atoms with E-state index in [0.717, 1.165) is 39.8 Å². The molecule has 1 aliphatic heterocycles. The van der Waals surface area contributed by atoms with Gasteiger partial charge in [0.1, 0.15) is 5.82 Å². The van der Waals surface area contributed by atoms with E-state index in [9.17, 15) is 4.79 Å². The summed E-state index contributed by atoms with van der Waals surface area (Å²) in [4.78, 5) is 12.7. The molecule has 2 heterocycles. The number of anilines is 1. The average Bonchev–Trinajstić information content (AvgIpc) is 3.18. The molecule has 0 bridgehead atoms. The van der Waals surface area contributed by atoms with Gasteiger partial charge in [0, 0.05) is 27.7 Å². The van der Waals surface area contributed by atoms with Crippen molar-refractivity contribution >= 4 is 35.1 Å². The summed E-state index contributed by atoms with van der Waals surface area (Å²) in [5.74, 6) is 2.30. The summed E-state index contributed by atoms with van der Waals surface area (Å²) < 4.78 is 1.78. The van der Waals surface area contributed by atoms with E-state index in [1.165, 1.54) is 0 Å². The Morgan fingerprint density at radius 3 is 2.76 bits per heavy atom. The quantitative estimate of drug-likeness (QED) is 0.719. The zero-order valence-corrected chi connectivity index (χ0v) is 15.2.